The van der Waals surface area contributed by atoms with E-state index in [4.69, 9.17) is 0 Å². The zero-order chi connectivity index (χ0) is 18.7. The molecule has 0 aromatic heterocycles. The first-order valence-electron chi connectivity index (χ1n) is 8.51. The maximum Gasteiger partial charge on any atom is 0.340 e. The van der Waals surface area contributed by atoms with E-state index in [1.54, 1.807) is 6.07 Å². The van der Waals surface area contributed by atoms with Crippen LogP contribution in [-0.2, 0) is 0 Å². The van der Waals surface area contributed by atoms with Gasteiger partial charge in [0.05, 0.1) is 0 Å². The summed E-state index contributed by atoms with van der Waals surface area (Å²) in [7, 11) is 0. The van der Waals surface area contributed by atoms with Crippen LogP contribution in [-0.4, -0.2) is 21.3 Å². The molecule has 0 heterocycles. The maximum absolute atomic E-state index is 11.8. The number of carboxylic acid groups (broad SMARTS) is 1. The van der Waals surface area contributed by atoms with Gasteiger partial charge in [0.25, 0.3) is 0 Å². The smallest absolute Gasteiger partial charge is 0.340 e. The largest absolute Gasteiger partial charge is 0.504 e. The van der Waals surface area contributed by atoms with Gasteiger partial charge in [-0.05, 0) is 43.8 Å². The van der Waals surface area contributed by atoms with E-state index in [0.29, 0.717) is 10.8 Å². The van der Waals surface area contributed by atoms with Crippen LogP contribution in [0.2, 0.25) is 0 Å². The van der Waals surface area contributed by atoms with Crippen molar-refractivity contribution in [2.24, 2.45) is 0 Å². The molecule has 4 heteroatoms. The molecule has 27 heavy (non-hydrogen) atoms. The maximum atomic E-state index is 11.8. The van der Waals surface area contributed by atoms with E-state index in [0.717, 1.165) is 32.3 Å². The van der Waals surface area contributed by atoms with E-state index < -0.39 is 17.5 Å². The lowest BCUT2D eigenvalue weighted by molar-refractivity contribution is 0.0695. The van der Waals surface area contributed by atoms with Crippen molar-refractivity contribution in [3.63, 3.8) is 0 Å². The molecule has 0 spiro atoms. The number of aromatic hydroxyl groups is 2. The molecule has 5 rings (SSSR count). The number of carbonyl (C=O) groups is 1. The fourth-order valence-electron chi connectivity index (χ4n) is 3.99. The van der Waals surface area contributed by atoms with E-state index in [1.165, 1.54) is 6.07 Å². The molecule has 3 N–H and O–H groups in total. The highest BCUT2D eigenvalue weighted by Gasteiger charge is 2.20. The van der Waals surface area contributed by atoms with Gasteiger partial charge in [-0.2, -0.15) is 0 Å². The summed E-state index contributed by atoms with van der Waals surface area (Å²) < 4.78 is 0. The molecule has 130 valence electrons. The second kappa shape index (κ2) is 5.35. The van der Waals surface area contributed by atoms with Crippen molar-refractivity contribution in [3.05, 3.63) is 72.3 Å². The zero-order valence-electron chi connectivity index (χ0n) is 14.1. The Labute approximate surface area is 153 Å². The van der Waals surface area contributed by atoms with Gasteiger partial charge in [0, 0.05) is 5.39 Å². The van der Waals surface area contributed by atoms with Crippen molar-refractivity contribution in [1.29, 1.82) is 0 Å². The Morgan fingerprint density at radius 1 is 0.667 bits per heavy atom. The van der Waals surface area contributed by atoms with Crippen LogP contribution in [0, 0.1) is 0 Å². The van der Waals surface area contributed by atoms with Gasteiger partial charge in [-0.15, -0.1) is 0 Å². The first kappa shape index (κ1) is 15.5. The molecule has 0 aliphatic carbocycles. The fourth-order valence-corrected chi connectivity index (χ4v) is 3.99. The number of carboxylic acids is 1. The Hall–Kier alpha value is -3.79. The number of rotatable bonds is 1. The molecular weight excluding hydrogens is 340 g/mol. The van der Waals surface area contributed by atoms with Crippen molar-refractivity contribution >= 4 is 49.1 Å². The number of fused-ring (bicyclic) bond motifs is 7. The fraction of sp³-hybridized carbons (Fsp3) is 0. The Balaban J connectivity index is 2.03. The van der Waals surface area contributed by atoms with Crippen LogP contribution in [0.5, 0.6) is 11.5 Å². The minimum atomic E-state index is -1.28. The minimum Gasteiger partial charge on any atom is -0.504 e. The molecular formula is C23H14O4. The summed E-state index contributed by atoms with van der Waals surface area (Å²) in [5.74, 6) is -2.33. The van der Waals surface area contributed by atoms with E-state index in [-0.39, 0.29) is 5.56 Å². The lowest BCUT2D eigenvalue weighted by Crippen LogP contribution is -1.99. The summed E-state index contributed by atoms with van der Waals surface area (Å²) in [6.07, 6.45) is 0. The van der Waals surface area contributed by atoms with E-state index in [9.17, 15) is 20.1 Å². The number of aromatic carboxylic acids is 1. The van der Waals surface area contributed by atoms with Crippen molar-refractivity contribution < 1.29 is 20.1 Å². The van der Waals surface area contributed by atoms with Crippen LogP contribution in [0.4, 0.5) is 0 Å². The van der Waals surface area contributed by atoms with Gasteiger partial charge in [-0.1, -0.05) is 60.7 Å². The van der Waals surface area contributed by atoms with Gasteiger partial charge >= 0.3 is 5.97 Å². The summed E-state index contributed by atoms with van der Waals surface area (Å²) in [6, 6.07) is 21.2. The Morgan fingerprint density at radius 2 is 1.26 bits per heavy atom. The monoisotopic (exact) mass is 354 g/mol. The third-order valence-electron chi connectivity index (χ3n) is 5.19. The number of phenolic OH excluding ortho intramolecular Hbond substituents is 1. The molecule has 0 radical (unpaired) electrons. The van der Waals surface area contributed by atoms with Crippen LogP contribution in [0.3, 0.4) is 0 Å². The van der Waals surface area contributed by atoms with E-state index >= 15 is 0 Å². The van der Waals surface area contributed by atoms with Gasteiger partial charge in [-0.3, -0.25) is 0 Å². The standard InChI is InChI=1S/C23H14O4/c24-19-11-13-6-8-17-16-7-5-12-3-1-2-4-14(12)15(16)9-10-18(17)20(13)21(22(19)25)23(26)27/h1-11,24-25H,(H,26,27). The SMILES string of the molecule is O=C(O)c1c(O)c(O)cc2ccc3c4ccc5ccccc5c4ccc3c12. The highest BCUT2D eigenvalue weighted by molar-refractivity contribution is 6.25. The van der Waals surface area contributed by atoms with Crippen LogP contribution < -0.4 is 0 Å². The van der Waals surface area contributed by atoms with Crippen LogP contribution in [0.1, 0.15) is 10.4 Å². The third-order valence-corrected chi connectivity index (χ3v) is 5.19. The molecule has 0 unspecified atom stereocenters. The first-order chi connectivity index (χ1) is 13.1. The molecule has 0 fully saturated rings. The highest BCUT2D eigenvalue weighted by atomic mass is 16.4. The second-order valence-corrected chi connectivity index (χ2v) is 6.63. The molecule has 0 amide bonds. The molecule has 0 aliphatic heterocycles. The Morgan fingerprint density at radius 3 is 2.04 bits per heavy atom. The quantitative estimate of drug-likeness (QED) is 0.278. The summed E-state index contributed by atoms with van der Waals surface area (Å²) in [6.45, 7) is 0. The summed E-state index contributed by atoms with van der Waals surface area (Å²) >= 11 is 0. The van der Waals surface area contributed by atoms with Gasteiger partial charge in [0.2, 0.25) is 0 Å². The Kier molecular flexibility index (Phi) is 3.06. The van der Waals surface area contributed by atoms with Crippen LogP contribution in [0.15, 0.2) is 66.7 Å². The van der Waals surface area contributed by atoms with Crippen molar-refractivity contribution in [3.8, 4) is 11.5 Å². The van der Waals surface area contributed by atoms with Gasteiger partial charge in [0.1, 0.15) is 5.56 Å². The molecule has 0 aliphatic rings. The average molecular weight is 354 g/mol. The molecule has 0 saturated heterocycles. The summed E-state index contributed by atoms with van der Waals surface area (Å²) in [5.41, 5.74) is -0.282. The highest BCUT2D eigenvalue weighted by Crippen LogP contribution is 2.41. The second-order valence-electron chi connectivity index (χ2n) is 6.63. The summed E-state index contributed by atoms with van der Waals surface area (Å²) in [4.78, 5) is 11.8. The lowest BCUT2D eigenvalue weighted by atomic mass is 9.92. The normalized spacial score (nSPS) is 11.6. The average Bonchev–Trinajstić information content (AvgIpc) is 2.67. The number of hydrogen-bond donors (Lipinski definition) is 3. The topological polar surface area (TPSA) is 77.8 Å². The van der Waals surface area contributed by atoms with E-state index in [1.807, 2.05) is 42.5 Å². The molecule has 0 saturated carbocycles. The first-order valence-corrected chi connectivity index (χ1v) is 8.51. The van der Waals surface area contributed by atoms with E-state index in [2.05, 4.69) is 12.1 Å². The minimum absolute atomic E-state index is 0.282. The number of phenols is 2. The van der Waals surface area contributed by atoms with Gasteiger partial charge < -0.3 is 15.3 Å². The predicted molar refractivity (Wildman–Crippen MR) is 107 cm³/mol. The predicted octanol–water partition coefficient (Wildman–Crippen LogP) is 5.41. The van der Waals surface area contributed by atoms with Gasteiger partial charge in [-0.25, -0.2) is 4.79 Å². The van der Waals surface area contributed by atoms with Crippen LogP contribution >= 0.6 is 0 Å². The number of benzene rings is 5. The lowest BCUT2D eigenvalue weighted by Gasteiger charge is -2.13. The molecule has 5 aromatic carbocycles. The van der Waals surface area contributed by atoms with Crippen LogP contribution in [0.25, 0.3) is 43.1 Å². The molecule has 0 bridgehead atoms. The molecule has 5 aromatic rings. The zero-order valence-corrected chi connectivity index (χ0v) is 14.1. The number of hydrogen-bond acceptors (Lipinski definition) is 3. The van der Waals surface area contributed by atoms with Crippen molar-refractivity contribution in [1.82, 2.24) is 0 Å². The van der Waals surface area contributed by atoms with Crippen molar-refractivity contribution in [2.45, 2.75) is 0 Å². The van der Waals surface area contributed by atoms with Crippen molar-refractivity contribution in [2.75, 3.05) is 0 Å². The Bertz CT molecular complexity index is 1420. The molecule has 0 atom stereocenters. The summed E-state index contributed by atoms with van der Waals surface area (Å²) in [5, 5.41) is 36.7. The molecule has 4 nitrogen and oxygen atoms in total. The third kappa shape index (κ3) is 2.07. The van der Waals surface area contributed by atoms with Gasteiger partial charge in [0.15, 0.2) is 11.5 Å².